The summed E-state index contributed by atoms with van der Waals surface area (Å²) in [6.45, 7) is 1.98. The lowest BCUT2D eigenvalue weighted by Crippen LogP contribution is -2.47. The summed E-state index contributed by atoms with van der Waals surface area (Å²) in [4.78, 5) is 30.8. The van der Waals surface area contributed by atoms with Crippen molar-refractivity contribution in [1.29, 1.82) is 0 Å². The van der Waals surface area contributed by atoms with E-state index in [2.05, 4.69) is 25.3 Å². The predicted molar refractivity (Wildman–Crippen MR) is 89.9 cm³/mol. The average molecular weight is 340 g/mol. The average Bonchev–Trinajstić information content (AvgIpc) is 3.05. The summed E-state index contributed by atoms with van der Waals surface area (Å²) >= 11 is 0. The van der Waals surface area contributed by atoms with Crippen LogP contribution in [0.5, 0.6) is 0 Å². The molecule has 2 saturated heterocycles. The van der Waals surface area contributed by atoms with Gasteiger partial charge in [-0.05, 0) is 25.3 Å². The number of piperidine rings is 1. The maximum Gasteiger partial charge on any atom is 0.274 e. The van der Waals surface area contributed by atoms with Gasteiger partial charge < -0.3 is 15.0 Å². The SMILES string of the molecule is O=C(c1cnccn1)N1CCC2(CC1)C[C@@H](Nc1ncccn1)CO2. The van der Waals surface area contributed by atoms with Crippen LogP contribution in [-0.4, -0.2) is 62.1 Å². The highest BCUT2D eigenvalue weighted by atomic mass is 16.5. The van der Waals surface area contributed by atoms with Crippen LogP contribution in [0.1, 0.15) is 29.8 Å². The van der Waals surface area contributed by atoms with E-state index >= 15 is 0 Å². The Hall–Kier alpha value is -2.61. The van der Waals surface area contributed by atoms with Crippen LogP contribution in [0.25, 0.3) is 0 Å². The Morgan fingerprint density at radius 3 is 2.68 bits per heavy atom. The number of likely N-dealkylation sites (tertiary alicyclic amines) is 1. The molecule has 1 spiro atoms. The molecule has 0 bridgehead atoms. The van der Waals surface area contributed by atoms with E-state index in [9.17, 15) is 4.79 Å². The highest BCUT2D eigenvalue weighted by Crippen LogP contribution is 2.36. The Morgan fingerprint density at radius 1 is 1.16 bits per heavy atom. The van der Waals surface area contributed by atoms with Gasteiger partial charge in [0.15, 0.2) is 0 Å². The molecule has 2 fully saturated rings. The second kappa shape index (κ2) is 6.72. The number of ether oxygens (including phenoxy) is 1. The van der Waals surface area contributed by atoms with E-state index in [-0.39, 0.29) is 17.6 Å². The number of anilines is 1. The van der Waals surface area contributed by atoms with E-state index in [0.29, 0.717) is 31.3 Å². The smallest absolute Gasteiger partial charge is 0.274 e. The summed E-state index contributed by atoms with van der Waals surface area (Å²) in [6, 6.07) is 1.99. The number of hydrogen-bond donors (Lipinski definition) is 1. The molecule has 0 radical (unpaired) electrons. The third-order valence-electron chi connectivity index (χ3n) is 4.85. The molecule has 2 aliphatic rings. The standard InChI is InChI=1S/C17H20N6O2/c24-15(14-11-18-6-7-19-14)23-8-2-17(3-9-23)10-13(12-25-17)22-16-20-4-1-5-21-16/h1,4-7,11,13H,2-3,8-10,12H2,(H,20,21,22)/t13-/m1/s1. The van der Waals surface area contributed by atoms with Crippen molar-refractivity contribution in [2.45, 2.75) is 30.9 Å². The molecule has 0 aromatic carbocycles. The van der Waals surface area contributed by atoms with Crippen LogP contribution in [0.3, 0.4) is 0 Å². The summed E-state index contributed by atoms with van der Waals surface area (Å²) in [6.07, 6.45) is 10.6. The molecule has 4 rings (SSSR count). The molecule has 0 aliphatic carbocycles. The van der Waals surface area contributed by atoms with E-state index < -0.39 is 0 Å². The minimum atomic E-state index is -0.161. The second-order valence-electron chi connectivity index (χ2n) is 6.49. The first-order chi connectivity index (χ1) is 12.2. The van der Waals surface area contributed by atoms with Gasteiger partial charge in [-0.3, -0.25) is 9.78 Å². The van der Waals surface area contributed by atoms with Gasteiger partial charge in [0.1, 0.15) is 5.69 Å². The molecular weight excluding hydrogens is 320 g/mol. The molecule has 4 heterocycles. The van der Waals surface area contributed by atoms with E-state index in [1.807, 2.05) is 4.90 Å². The third kappa shape index (κ3) is 3.43. The van der Waals surface area contributed by atoms with Crippen LogP contribution in [0.15, 0.2) is 37.1 Å². The molecule has 0 saturated carbocycles. The van der Waals surface area contributed by atoms with Gasteiger partial charge in [0.2, 0.25) is 5.95 Å². The fourth-order valence-corrected chi connectivity index (χ4v) is 3.53. The van der Waals surface area contributed by atoms with Crippen LogP contribution < -0.4 is 5.32 Å². The van der Waals surface area contributed by atoms with Gasteiger partial charge in [-0.2, -0.15) is 0 Å². The molecule has 2 aromatic rings. The molecule has 2 aromatic heterocycles. The van der Waals surface area contributed by atoms with Crippen molar-refractivity contribution in [3.05, 3.63) is 42.7 Å². The molecule has 8 heteroatoms. The molecule has 8 nitrogen and oxygen atoms in total. The zero-order chi connectivity index (χ0) is 17.1. The number of nitrogens with zero attached hydrogens (tertiary/aromatic N) is 5. The maximum absolute atomic E-state index is 12.5. The van der Waals surface area contributed by atoms with Gasteiger partial charge in [0.05, 0.1) is 24.4 Å². The minimum Gasteiger partial charge on any atom is -0.373 e. The van der Waals surface area contributed by atoms with Crippen molar-refractivity contribution in [3.63, 3.8) is 0 Å². The summed E-state index contributed by atoms with van der Waals surface area (Å²) in [5, 5.41) is 3.33. The van der Waals surface area contributed by atoms with Crippen molar-refractivity contribution in [1.82, 2.24) is 24.8 Å². The second-order valence-corrected chi connectivity index (χ2v) is 6.49. The molecule has 0 unspecified atom stereocenters. The van der Waals surface area contributed by atoms with Crippen LogP contribution in [0.2, 0.25) is 0 Å². The van der Waals surface area contributed by atoms with E-state index in [4.69, 9.17) is 4.74 Å². The van der Waals surface area contributed by atoms with Crippen LogP contribution in [-0.2, 0) is 4.74 Å². The quantitative estimate of drug-likeness (QED) is 0.895. The number of aromatic nitrogens is 4. The molecular formula is C17H20N6O2. The van der Waals surface area contributed by atoms with Crippen molar-refractivity contribution in [2.75, 3.05) is 25.0 Å². The van der Waals surface area contributed by atoms with Crippen molar-refractivity contribution in [2.24, 2.45) is 0 Å². The third-order valence-corrected chi connectivity index (χ3v) is 4.85. The molecule has 1 atom stereocenters. The first-order valence-electron chi connectivity index (χ1n) is 8.47. The van der Waals surface area contributed by atoms with Crippen molar-refractivity contribution < 1.29 is 9.53 Å². The lowest BCUT2D eigenvalue weighted by atomic mass is 9.87. The number of rotatable bonds is 3. The van der Waals surface area contributed by atoms with Gasteiger partial charge in [-0.15, -0.1) is 0 Å². The molecule has 1 N–H and O–H groups in total. The van der Waals surface area contributed by atoms with Crippen LogP contribution >= 0.6 is 0 Å². The first kappa shape index (κ1) is 15.9. The van der Waals surface area contributed by atoms with Crippen molar-refractivity contribution >= 4 is 11.9 Å². The Balaban J connectivity index is 1.33. The van der Waals surface area contributed by atoms with Gasteiger partial charge >= 0.3 is 0 Å². The van der Waals surface area contributed by atoms with Gasteiger partial charge in [0.25, 0.3) is 5.91 Å². The van der Waals surface area contributed by atoms with E-state index in [1.54, 1.807) is 30.9 Å². The summed E-state index contributed by atoms with van der Waals surface area (Å²) in [5.74, 6) is 0.566. The summed E-state index contributed by atoms with van der Waals surface area (Å²) < 4.78 is 6.12. The van der Waals surface area contributed by atoms with Crippen LogP contribution in [0.4, 0.5) is 5.95 Å². The normalized spacial score (nSPS) is 22.1. The highest BCUT2D eigenvalue weighted by molar-refractivity contribution is 5.92. The molecule has 1 amide bonds. The number of carbonyl (C=O) groups excluding carboxylic acids is 1. The maximum atomic E-state index is 12.5. The molecule has 130 valence electrons. The summed E-state index contributed by atoms with van der Waals surface area (Å²) in [7, 11) is 0. The van der Waals surface area contributed by atoms with Crippen LogP contribution in [0, 0.1) is 0 Å². The fraction of sp³-hybridized carbons (Fsp3) is 0.471. The lowest BCUT2D eigenvalue weighted by Gasteiger charge is -2.38. The Labute approximate surface area is 145 Å². The van der Waals surface area contributed by atoms with E-state index in [0.717, 1.165) is 19.3 Å². The van der Waals surface area contributed by atoms with Gasteiger partial charge in [0, 0.05) is 37.9 Å². The largest absolute Gasteiger partial charge is 0.373 e. The lowest BCUT2D eigenvalue weighted by molar-refractivity contribution is -0.0389. The molecule has 25 heavy (non-hydrogen) atoms. The first-order valence-corrected chi connectivity index (χ1v) is 8.47. The van der Waals surface area contributed by atoms with Gasteiger partial charge in [-0.25, -0.2) is 15.0 Å². The number of amides is 1. The van der Waals surface area contributed by atoms with Gasteiger partial charge in [-0.1, -0.05) is 0 Å². The summed E-state index contributed by atoms with van der Waals surface area (Å²) in [5.41, 5.74) is 0.234. The predicted octanol–water partition coefficient (Wildman–Crippen LogP) is 1.14. The number of carbonyl (C=O) groups is 1. The Morgan fingerprint density at radius 2 is 1.96 bits per heavy atom. The zero-order valence-corrected chi connectivity index (χ0v) is 13.8. The monoisotopic (exact) mass is 340 g/mol. The Kier molecular flexibility index (Phi) is 4.27. The zero-order valence-electron chi connectivity index (χ0n) is 13.8. The topological polar surface area (TPSA) is 93.1 Å². The minimum absolute atomic E-state index is 0.0618. The fourth-order valence-electron chi connectivity index (χ4n) is 3.53. The highest BCUT2D eigenvalue weighted by Gasteiger charge is 2.43. The van der Waals surface area contributed by atoms with Crippen molar-refractivity contribution in [3.8, 4) is 0 Å². The molecule has 2 aliphatic heterocycles. The number of hydrogen-bond acceptors (Lipinski definition) is 7. The number of nitrogens with one attached hydrogen (secondary N) is 1. The Bertz CT molecular complexity index is 718. The van der Waals surface area contributed by atoms with E-state index in [1.165, 1.54) is 6.20 Å².